The van der Waals surface area contributed by atoms with Gasteiger partial charge in [0.2, 0.25) is 0 Å². The van der Waals surface area contributed by atoms with E-state index in [1.54, 1.807) is 0 Å². The monoisotopic (exact) mass is 1100 g/mol. The highest BCUT2D eigenvalue weighted by Gasteiger charge is 2.70. The Kier molecular flexibility index (Phi) is 15.2. The highest BCUT2D eigenvalue weighted by molar-refractivity contribution is 5.78. The largest absolute Gasteiger partial charge is 0.465 e. The van der Waals surface area contributed by atoms with Crippen molar-refractivity contribution in [2.75, 3.05) is 26.4 Å². The topological polar surface area (TPSA) is 182 Å². The summed E-state index contributed by atoms with van der Waals surface area (Å²) < 4.78 is 38.4. The maximum atomic E-state index is 13.9. The Hall–Kier alpha value is -1.99. The predicted molar refractivity (Wildman–Crippen MR) is 281 cm³/mol. The minimum Gasteiger partial charge on any atom is -0.465 e. The highest BCUT2D eigenvalue weighted by Crippen LogP contribution is 2.65. The number of carbonyl (C=O) groups is 3. The second kappa shape index (κ2) is 21.0. The van der Waals surface area contributed by atoms with E-state index in [0.717, 1.165) is 96.3 Å². The van der Waals surface area contributed by atoms with Gasteiger partial charge < -0.3 is 33.5 Å². The average molecular weight is 1100 g/mol. The van der Waals surface area contributed by atoms with E-state index < -0.39 is 70.8 Å². The van der Waals surface area contributed by atoms with Crippen LogP contribution in [-0.4, -0.2) is 119 Å². The fourth-order valence-electron chi connectivity index (χ4n) is 20.0. The van der Waals surface area contributed by atoms with Gasteiger partial charge in [-0.15, -0.1) is 0 Å². The van der Waals surface area contributed by atoms with Crippen LogP contribution in [0, 0.1) is 76.9 Å². The third-order valence-electron chi connectivity index (χ3n) is 24.3. The van der Waals surface area contributed by atoms with Crippen molar-refractivity contribution in [2.45, 2.75) is 267 Å². The summed E-state index contributed by atoms with van der Waals surface area (Å²) in [6.45, 7) is 20.8. The minimum absolute atomic E-state index is 0.0513. The van der Waals surface area contributed by atoms with E-state index in [2.05, 4.69) is 62.3 Å². The van der Waals surface area contributed by atoms with Crippen molar-refractivity contribution in [3.8, 4) is 0 Å². The molecule has 0 aromatic rings. The van der Waals surface area contributed by atoms with Crippen LogP contribution in [0.5, 0.6) is 0 Å². The molecule has 9 saturated heterocycles. The van der Waals surface area contributed by atoms with E-state index in [1.807, 2.05) is 0 Å². The first-order valence-electron chi connectivity index (χ1n) is 31.3. The number of hydrogen-bond donors (Lipinski definition) is 1. The predicted octanol–water partition coefficient (Wildman–Crippen LogP) is 10.1. The normalized spacial score (nSPS) is 51.5. The fraction of sp³-hybridized carbons (Fsp3) is 0.952. The lowest BCUT2D eigenvalue weighted by Crippen LogP contribution is -2.69. The molecule has 15 fully saturated rings. The molecule has 0 amide bonds. The number of fused-ring (bicyclic) bond motifs is 6. The first-order chi connectivity index (χ1) is 37.1. The summed E-state index contributed by atoms with van der Waals surface area (Å²) >= 11 is 0. The van der Waals surface area contributed by atoms with Gasteiger partial charge in [0.25, 0.3) is 0 Å². The van der Waals surface area contributed by atoms with Gasteiger partial charge in [0, 0.05) is 38.0 Å². The molecule has 3 unspecified atom stereocenters. The molecule has 1 N–H and O–H groups in total. The molecule has 24 atom stereocenters. The third-order valence-corrected chi connectivity index (χ3v) is 24.3. The van der Waals surface area contributed by atoms with Crippen LogP contribution in [0.4, 0.5) is 0 Å². The minimum atomic E-state index is -2.13. The number of hydrogen-bond acceptors (Lipinski definition) is 16. The summed E-state index contributed by atoms with van der Waals surface area (Å²) in [5.41, 5.74) is -4.67. The number of ether oxygens (including phenoxy) is 6. The van der Waals surface area contributed by atoms with Crippen LogP contribution in [0.3, 0.4) is 0 Å². The molecule has 0 radical (unpaired) electrons. The summed E-state index contributed by atoms with van der Waals surface area (Å²) in [5, 5.41) is 12.3. The zero-order valence-corrected chi connectivity index (χ0v) is 48.6. The van der Waals surface area contributed by atoms with Crippen molar-refractivity contribution in [3.05, 3.63) is 0 Å². The Morgan fingerprint density at radius 2 is 0.821 bits per heavy atom. The van der Waals surface area contributed by atoms with Crippen LogP contribution < -0.4 is 0 Å². The van der Waals surface area contributed by atoms with E-state index >= 15 is 0 Å². The highest BCUT2D eigenvalue weighted by atomic mass is 17.2. The van der Waals surface area contributed by atoms with Gasteiger partial charge in [-0.3, -0.25) is 14.4 Å². The Labute approximate surface area is 463 Å². The van der Waals surface area contributed by atoms with E-state index in [9.17, 15) is 19.5 Å². The van der Waals surface area contributed by atoms with Crippen LogP contribution in [0.15, 0.2) is 0 Å². The van der Waals surface area contributed by atoms with Crippen LogP contribution in [0.1, 0.15) is 197 Å². The SMILES string of the molecule is C[C@@H]1CC[C@H]2[C@@H](C)C(CCOC(=O)CC(O)(CC(=O)OCCC3O[C@@H]4C[C@@]5(C)CC[C@H]6[C@H](C)CC[C@@H]([C@H]3C)[C@@]46OO5)CC(=O)OCCC3O[C@@H]4C[C@@]5(C)CC[C@H]6[C@H](C)CC[C@@H]([C@H]3C)[C@@]46OO5)OC[C@@H]3C[C@@]4(C)CC[C@@H]1[C@]32OO4. The van der Waals surface area contributed by atoms with Gasteiger partial charge in [-0.25, -0.2) is 29.3 Å². The number of aliphatic hydroxyl groups is 1. The van der Waals surface area contributed by atoms with Gasteiger partial charge in [0.1, 0.15) is 33.6 Å². The standard InChI is InChI=1S/C62H96O16/c1-35-10-13-45-38(4)48(70-34-41-28-56(7)22-16-42(35)60(41,45)76-73-56)19-25-67-53(63)31-59(66,32-54(64)68-26-20-49-39(5)46-14-11-36(2)43-17-23-57(8)29-51(71-49)61(43,46)77-74-57)33-55(65)69-27-21-50-40(6)47-15-12-37(3)44-18-24-58(9)30-52(72-50)62(44,47)78-75-58/h35-52,66H,10-34H2,1-9H3/t35-,36-,37-,38-,39-,40-,41+,42+,43+,44+,45+,46+,47+,48?,49?,50?,51-,52-,56-,57-,58-,59?,60-,61-,62-/m1/s1. The summed E-state index contributed by atoms with van der Waals surface area (Å²) in [4.78, 5) is 80.0. The molecule has 9 aliphatic heterocycles. The smallest absolute Gasteiger partial charge is 0.308 e. The summed E-state index contributed by atoms with van der Waals surface area (Å²) in [5.74, 6) is 1.79. The first kappa shape index (κ1) is 56.5. The molecular weight excluding hydrogens is 1000 g/mol. The van der Waals surface area contributed by atoms with Gasteiger partial charge >= 0.3 is 17.9 Å². The van der Waals surface area contributed by atoms with Crippen LogP contribution in [0.25, 0.3) is 0 Å². The van der Waals surface area contributed by atoms with Crippen molar-refractivity contribution in [2.24, 2.45) is 76.9 Å². The molecule has 15 aliphatic rings. The molecule has 16 heteroatoms. The molecule has 9 heterocycles. The molecule has 16 nitrogen and oxygen atoms in total. The average Bonchev–Trinajstić information content (AvgIpc) is 4.12. The maximum absolute atomic E-state index is 13.9. The quantitative estimate of drug-likeness (QED) is 0.0928. The van der Waals surface area contributed by atoms with Crippen molar-refractivity contribution < 1.29 is 77.2 Å². The van der Waals surface area contributed by atoms with E-state index in [-0.39, 0.29) is 97.4 Å². The molecule has 6 saturated carbocycles. The molecule has 3 spiro atoms. The van der Waals surface area contributed by atoms with Crippen molar-refractivity contribution >= 4 is 17.9 Å². The molecule has 0 aromatic carbocycles. The first-order valence-corrected chi connectivity index (χ1v) is 31.3. The molecular formula is C62H96O16. The van der Waals surface area contributed by atoms with Gasteiger partial charge in [-0.05, 0) is 175 Å². The fourth-order valence-corrected chi connectivity index (χ4v) is 20.0. The lowest BCUT2D eigenvalue weighted by Gasteiger charge is -2.61. The Bertz CT molecular complexity index is 2130. The van der Waals surface area contributed by atoms with Crippen LogP contribution in [0.2, 0.25) is 0 Å². The van der Waals surface area contributed by atoms with Gasteiger partial charge in [0.15, 0.2) is 0 Å². The van der Waals surface area contributed by atoms with Gasteiger partial charge in [-0.1, -0.05) is 41.5 Å². The Morgan fingerprint density at radius 3 is 1.26 bits per heavy atom. The Balaban J connectivity index is 0.689. The van der Waals surface area contributed by atoms with E-state index in [1.165, 1.54) is 0 Å². The second-order valence-corrected chi connectivity index (χ2v) is 29.2. The molecule has 15 rings (SSSR count). The van der Waals surface area contributed by atoms with Gasteiger partial charge in [0.05, 0.1) is 81.8 Å². The van der Waals surface area contributed by atoms with Crippen molar-refractivity contribution in [1.82, 2.24) is 0 Å². The van der Waals surface area contributed by atoms with E-state index in [4.69, 9.17) is 57.7 Å². The second-order valence-electron chi connectivity index (χ2n) is 29.2. The lowest BCUT2D eigenvalue weighted by atomic mass is 9.55. The van der Waals surface area contributed by atoms with Crippen LogP contribution >= 0.6 is 0 Å². The molecule has 6 bridgehead atoms. The summed E-state index contributed by atoms with van der Waals surface area (Å²) in [6, 6.07) is 0. The molecule has 0 aromatic heterocycles. The van der Waals surface area contributed by atoms with E-state index in [0.29, 0.717) is 61.4 Å². The lowest BCUT2D eigenvalue weighted by molar-refractivity contribution is -0.487. The summed E-state index contributed by atoms with van der Waals surface area (Å²) in [6.07, 6.45) is 13.6. The third kappa shape index (κ3) is 9.57. The Morgan fingerprint density at radius 1 is 0.462 bits per heavy atom. The van der Waals surface area contributed by atoms with Gasteiger partial charge in [-0.2, -0.15) is 0 Å². The zero-order valence-electron chi connectivity index (χ0n) is 48.6. The number of carbonyl (C=O) groups excluding carboxylic acids is 3. The van der Waals surface area contributed by atoms with Crippen molar-refractivity contribution in [3.63, 3.8) is 0 Å². The summed E-state index contributed by atoms with van der Waals surface area (Å²) in [7, 11) is 0. The number of rotatable bonds is 15. The zero-order chi connectivity index (χ0) is 54.8. The molecule has 78 heavy (non-hydrogen) atoms. The number of esters is 3. The molecule has 440 valence electrons. The maximum Gasteiger partial charge on any atom is 0.308 e. The van der Waals surface area contributed by atoms with Crippen LogP contribution in [-0.2, 0) is 72.1 Å². The van der Waals surface area contributed by atoms with Crippen molar-refractivity contribution in [1.29, 1.82) is 0 Å². The molecule has 6 aliphatic carbocycles.